The summed E-state index contributed by atoms with van der Waals surface area (Å²) in [5, 5.41) is 9.97. The van der Waals surface area contributed by atoms with Crippen molar-refractivity contribution < 1.29 is 0 Å². The lowest BCUT2D eigenvalue weighted by Crippen LogP contribution is -2.35. The molecule has 1 aliphatic heterocycles. The first kappa shape index (κ1) is 13.7. The Morgan fingerprint density at radius 2 is 1.75 bits per heavy atom. The standard InChI is InChI=1S/C19H19N5/c1-14-15-6-2-4-8-17(15)23-11-10-22(12-19(14)23)13-24-18-9-5-3-7-16(18)20-21-24/h2-9H,10-13H2,1H3. The van der Waals surface area contributed by atoms with Gasteiger partial charge in [0.25, 0.3) is 0 Å². The number of aromatic nitrogens is 4. The average Bonchev–Trinajstić information content (AvgIpc) is 3.16. The molecule has 5 rings (SSSR count). The molecule has 0 aliphatic carbocycles. The number of rotatable bonds is 2. The Balaban J connectivity index is 1.49. The van der Waals surface area contributed by atoms with Gasteiger partial charge in [0.2, 0.25) is 0 Å². The van der Waals surface area contributed by atoms with Crippen LogP contribution in [0.3, 0.4) is 0 Å². The lowest BCUT2D eigenvalue weighted by molar-refractivity contribution is 0.168. The van der Waals surface area contributed by atoms with Gasteiger partial charge in [-0.2, -0.15) is 0 Å². The molecule has 0 atom stereocenters. The van der Waals surface area contributed by atoms with Gasteiger partial charge in [0.15, 0.2) is 0 Å². The van der Waals surface area contributed by atoms with Crippen molar-refractivity contribution in [2.75, 3.05) is 6.54 Å². The summed E-state index contributed by atoms with van der Waals surface area (Å²) in [7, 11) is 0. The van der Waals surface area contributed by atoms with Crippen molar-refractivity contribution in [3.8, 4) is 0 Å². The topological polar surface area (TPSA) is 38.9 Å². The van der Waals surface area contributed by atoms with E-state index < -0.39 is 0 Å². The molecular weight excluding hydrogens is 298 g/mol. The normalized spacial score (nSPS) is 15.2. The lowest BCUT2D eigenvalue weighted by atomic mass is 10.1. The first-order chi connectivity index (χ1) is 11.8. The minimum absolute atomic E-state index is 0.779. The van der Waals surface area contributed by atoms with E-state index in [0.29, 0.717) is 0 Å². The second kappa shape index (κ2) is 5.18. The summed E-state index contributed by atoms with van der Waals surface area (Å²) in [6, 6.07) is 16.9. The highest BCUT2D eigenvalue weighted by atomic mass is 15.5. The number of benzene rings is 2. The van der Waals surface area contributed by atoms with Gasteiger partial charge < -0.3 is 4.57 Å². The Bertz CT molecular complexity index is 1040. The minimum atomic E-state index is 0.779. The van der Waals surface area contributed by atoms with Crippen molar-refractivity contribution in [2.24, 2.45) is 0 Å². The highest BCUT2D eigenvalue weighted by molar-refractivity contribution is 5.85. The third-order valence-corrected chi connectivity index (χ3v) is 5.12. The fraction of sp³-hybridized carbons (Fsp3) is 0.263. The third-order valence-electron chi connectivity index (χ3n) is 5.12. The molecule has 4 aromatic rings. The quantitative estimate of drug-likeness (QED) is 0.570. The molecule has 0 bridgehead atoms. The smallest absolute Gasteiger partial charge is 0.113 e. The van der Waals surface area contributed by atoms with Crippen LogP contribution in [0.5, 0.6) is 0 Å². The van der Waals surface area contributed by atoms with Crippen LogP contribution in [0, 0.1) is 6.92 Å². The van der Waals surface area contributed by atoms with Gasteiger partial charge in [-0.1, -0.05) is 35.5 Å². The summed E-state index contributed by atoms with van der Waals surface area (Å²) in [5.74, 6) is 0. The van der Waals surface area contributed by atoms with Crippen molar-refractivity contribution in [3.05, 3.63) is 59.8 Å². The van der Waals surface area contributed by atoms with Crippen LogP contribution >= 0.6 is 0 Å². The zero-order chi connectivity index (χ0) is 16.1. The molecule has 3 heterocycles. The number of hydrogen-bond acceptors (Lipinski definition) is 3. The number of aryl methyl sites for hydroxylation is 1. The SMILES string of the molecule is Cc1c2n(c3ccccc13)CCN(Cn1nnc3ccccc31)C2. The largest absolute Gasteiger partial charge is 0.342 e. The molecule has 5 heteroatoms. The molecule has 0 N–H and O–H groups in total. The molecule has 24 heavy (non-hydrogen) atoms. The van der Waals surface area contributed by atoms with Crippen LogP contribution in [0.4, 0.5) is 0 Å². The molecule has 120 valence electrons. The van der Waals surface area contributed by atoms with E-state index in [2.05, 4.69) is 57.0 Å². The molecule has 0 saturated heterocycles. The maximum Gasteiger partial charge on any atom is 0.113 e. The predicted molar refractivity (Wildman–Crippen MR) is 94.6 cm³/mol. The summed E-state index contributed by atoms with van der Waals surface area (Å²) in [6.45, 7) is 6.02. The van der Waals surface area contributed by atoms with Crippen LogP contribution in [-0.2, 0) is 19.8 Å². The van der Waals surface area contributed by atoms with E-state index in [1.54, 1.807) is 0 Å². The summed E-state index contributed by atoms with van der Waals surface area (Å²) in [5.41, 5.74) is 6.24. The van der Waals surface area contributed by atoms with E-state index >= 15 is 0 Å². The summed E-state index contributed by atoms with van der Waals surface area (Å²) < 4.78 is 4.48. The number of nitrogens with zero attached hydrogens (tertiary/aromatic N) is 5. The average molecular weight is 317 g/mol. The third kappa shape index (κ3) is 1.98. The molecular formula is C19H19N5. The molecule has 2 aromatic heterocycles. The second-order valence-corrected chi connectivity index (χ2v) is 6.51. The number of fused-ring (bicyclic) bond motifs is 4. The molecule has 0 unspecified atom stereocenters. The summed E-state index contributed by atoms with van der Waals surface area (Å²) >= 11 is 0. The van der Waals surface area contributed by atoms with Crippen LogP contribution < -0.4 is 0 Å². The Labute approximate surface area is 140 Å². The van der Waals surface area contributed by atoms with Crippen molar-refractivity contribution in [3.63, 3.8) is 0 Å². The zero-order valence-corrected chi connectivity index (χ0v) is 13.7. The van der Waals surface area contributed by atoms with Gasteiger partial charge in [-0.15, -0.1) is 5.10 Å². The maximum atomic E-state index is 4.33. The molecule has 0 spiro atoms. The van der Waals surface area contributed by atoms with E-state index in [1.807, 2.05) is 22.9 Å². The molecule has 1 aliphatic rings. The molecule has 2 aromatic carbocycles. The van der Waals surface area contributed by atoms with Crippen molar-refractivity contribution >= 4 is 21.9 Å². The van der Waals surface area contributed by atoms with Crippen molar-refractivity contribution in [1.82, 2.24) is 24.5 Å². The van der Waals surface area contributed by atoms with Crippen LogP contribution in [0.25, 0.3) is 21.9 Å². The fourth-order valence-electron chi connectivity index (χ4n) is 3.85. The first-order valence-electron chi connectivity index (χ1n) is 8.38. The molecule has 0 amide bonds. The van der Waals surface area contributed by atoms with Gasteiger partial charge in [-0.3, -0.25) is 4.90 Å². The Morgan fingerprint density at radius 1 is 0.958 bits per heavy atom. The van der Waals surface area contributed by atoms with Crippen molar-refractivity contribution in [2.45, 2.75) is 26.7 Å². The highest BCUT2D eigenvalue weighted by Crippen LogP contribution is 2.29. The van der Waals surface area contributed by atoms with E-state index in [4.69, 9.17) is 0 Å². The second-order valence-electron chi connectivity index (χ2n) is 6.51. The summed E-state index contributed by atoms with van der Waals surface area (Å²) in [6.07, 6.45) is 0. The van der Waals surface area contributed by atoms with Crippen LogP contribution in [0.2, 0.25) is 0 Å². The van der Waals surface area contributed by atoms with Crippen LogP contribution in [0.1, 0.15) is 11.3 Å². The Kier molecular flexibility index (Phi) is 2.97. The zero-order valence-electron chi connectivity index (χ0n) is 13.7. The lowest BCUT2D eigenvalue weighted by Gasteiger charge is -2.29. The van der Waals surface area contributed by atoms with Gasteiger partial charge in [-0.05, 0) is 30.7 Å². The van der Waals surface area contributed by atoms with Gasteiger partial charge in [0.1, 0.15) is 5.52 Å². The molecule has 0 fully saturated rings. The Hall–Kier alpha value is -2.66. The minimum Gasteiger partial charge on any atom is -0.342 e. The molecule has 0 saturated carbocycles. The fourth-order valence-corrected chi connectivity index (χ4v) is 3.85. The maximum absolute atomic E-state index is 4.33. The molecule has 0 radical (unpaired) electrons. The Morgan fingerprint density at radius 3 is 2.67 bits per heavy atom. The predicted octanol–water partition coefficient (Wildman–Crippen LogP) is 3.17. The summed E-state index contributed by atoms with van der Waals surface area (Å²) in [4.78, 5) is 2.45. The van der Waals surface area contributed by atoms with Gasteiger partial charge >= 0.3 is 0 Å². The van der Waals surface area contributed by atoms with Gasteiger partial charge in [0, 0.05) is 36.2 Å². The van der Waals surface area contributed by atoms with Crippen molar-refractivity contribution in [1.29, 1.82) is 0 Å². The van der Waals surface area contributed by atoms with E-state index in [9.17, 15) is 0 Å². The number of para-hydroxylation sites is 2. The monoisotopic (exact) mass is 317 g/mol. The molecule has 5 nitrogen and oxygen atoms in total. The van der Waals surface area contributed by atoms with E-state index in [0.717, 1.165) is 37.3 Å². The van der Waals surface area contributed by atoms with E-state index in [1.165, 1.54) is 22.2 Å². The first-order valence-corrected chi connectivity index (χ1v) is 8.38. The van der Waals surface area contributed by atoms with Crippen LogP contribution in [0.15, 0.2) is 48.5 Å². The van der Waals surface area contributed by atoms with Gasteiger partial charge in [-0.25, -0.2) is 4.68 Å². The van der Waals surface area contributed by atoms with Crippen LogP contribution in [-0.4, -0.2) is 31.0 Å². The highest BCUT2D eigenvalue weighted by Gasteiger charge is 2.22. The van der Waals surface area contributed by atoms with E-state index in [-0.39, 0.29) is 0 Å². The number of hydrogen-bond donors (Lipinski definition) is 0. The van der Waals surface area contributed by atoms with Gasteiger partial charge in [0.05, 0.1) is 12.2 Å².